The molecule has 0 aliphatic carbocycles. The number of aromatic hydroxyl groups is 1. The van der Waals surface area contributed by atoms with Gasteiger partial charge in [0, 0.05) is 82.9 Å². The molecule has 0 saturated carbocycles. The summed E-state index contributed by atoms with van der Waals surface area (Å²) in [5, 5.41) is 30.4. The van der Waals surface area contributed by atoms with Crippen LogP contribution in [0, 0.1) is 34.9 Å². The van der Waals surface area contributed by atoms with Gasteiger partial charge < -0.3 is 30.5 Å². The van der Waals surface area contributed by atoms with Gasteiger partial charge in [-0.15, -0.1) is 0 Å². The third-order valence-corrected chi connectivity index (χ3v) is 14.3. The Morgan fingerprint density at radius 3 is 1.04 bits per heavy atom. The maximum absolute atomic E-state index is 13.6. The van der Waals surface area contributed by atoms with Crippen LogP contribution in [0.25, 0.3) is 67.9 Å². The number of rotatable bonds is 20. The molecule has 6 aromatic carbocycles. The van der Waals surface area contributed by atoms with Crippen molar-refractivity contribution in [2.75, 3.05) is 60.2 Å². The summed E-state index contributed by atoms with van der Waals surface area (Å²) < 4.78 is 122. The van der Waals surface area contributed by atoms with Gasteiger partial charge in [-0.25, -0.2) is 70.3 Å². The van der Waals surface area contributed by atoms with Crippen molar-refractivity contribution in [2.45, 2.75) is 32.5 Å². The smallest absolute Gasteiger partial charge is 0.394 e. The number of hydrogen-bond acceptors (Lipinski definition) is 20. The number of aliphatic hydroxyl groups excluding tert-OH is 1. The van der Waals surface area contributed by atoms with E-state index < -0.39 is 45.3 Å². The Balaban J connectivity index is 0.000000185. The standard InChI is InChI=1S/C26H25F2N5O2.C21H15F2N5O.C21H14F2N4O2.C5H13NO.H2O4S/c1-32(2)9-4-10-35-23-15-29-26(30-16-23)19-6-3-5-18(11-19)17-33-25(34)8-7-24(31-33)20-12-21(27)14-22(28)13-20;22-16-7-15(8-17(23)9-16)19-4-5-20(29)28(27-19)12-13-2-1-3-14(6-13)21-25-10-18(24)11-26-21;22-16-7-15(8-17(23)9-16)19-4-5-20(29)27(26-19)12-13-2-1-3-14(6-13)21-24-10-18(28)11-25-21;1-6(2)4-3-5-7;1-5(2,3)4/h3,5-8,11-16H,4,9-10,17H2,1-2H3;1-11H,12,24H2;1-11,28H,12H2;7H,3-5H2,1-2H3;(H2,1,2,3,4). The summed E-state index contributed by atoms with van der Waals surface area (Å²) in [4.78, 5) is 66.3. The van der Waals surface area contributed by atoms with Crippen molar-refractivity contribution >= 4 is 16.1 Å². The van der Waals surface area contributed by atoms with Crippen LogP contribution in [0.4, 0.5) is 32.0 Å². The van der Waals surface area contributed by atoms with E-state index in [4.69, 9.17) is 33.1 Å². The molecule has 0 aliphatic heterocycles. The van der Waals surface area contributed by atoms with E-state index in [0.29, 0.717) is 59.1 Å². The summed E-state index contributed by atoms with van der Waals surface area (Å²) >= 11 is 0. The Hall–Kier alpha value is -12.1. The van der Waals surface area contributed by atoms with E-state index in [2.05, 4.69) is 55.0 Å². The lowest BCUT2D eigenvalue weighted by molar-refractivity contribution is 0.263. The highest BCUT2D eigenvalue weighted by atomic mass is 32.3. The molecule has 544 valence electrons. The summed E-state index contributed by atoms with van der Waals surface area (Å²) in [6, 6.07) is 39.6. The summed E-state index contributed by atoms with van der Waals surface area (Å²) in [6.45, 7) is 3.30. The summed E-state index contributed by atoms with van der Waals surface area (Å²) in [6.07, 6.45) is 10.7. The molecule has 0 bridgehead atoms. The lowest BCUT2D eigenvalue weighted by atomic mass is 10.1. The first-order chi connectivity index (χ1) is 50.1. The second-order valence-electron chi connectivity index (χ2n) is 23.4. The number of benzene rings is 6. The minimum Gasteiger partial charge on any atom is -0.505 e. The normalized spacial score (nSPS) is 10.9. The van der Waals surface area contributed by atoms with Crippen LogP contribution in [0.2, 0.25) is 0 Å². The fourth-order valence-electron chi connectivity index (χ4n) is 9.65. The molecular formula is C73H69F6N15O10S. The lowest BCUT2D eigenvalue weighted by Crippen LogP contribution is -2.22. The van der Waals surface area contributed by atoms with Crippen molar-refractivity contribution in [3.63, 3.8) is 0 Å². The molecule has 0 radical (unpaired) electrons. The number of nitrogen functional groups attached to an aromatic ring is 1. The number of halogens is 6. The van der Waals surface area contributed by atoms with Crippen LogP contribution in [0.1, 0.15) is 29.5 Å². The number of nitrogens with two attached hydrogens (primary N) is 1. The van der Waals surface area contributed by atoms with E-state index in [1.807, 2.05) is 82.8 Å². The molecule has 0 spiro atoms. The van der Waals surface area contributed by atoms with Crippen LogP contribution >= 0.6 is 0 Å². The molecule has 6 heterocycles. The minimum absolute atomic E-state index is 0.0359. The van der Waals surface area contributed by atoms with Gasteiger partial charge in [0.25, 0.3) is 16.7 Å². The highest BCUT2D eigenvalue weighted by Gasteiger charge is 2.14. The van der Waals surface area contributed by atoms with Crippen molar-refractivity contribution in [3.8, 4) is 79.4 Å². The zero-order valence-corrected chi connectivity index (χ0v) is 57.5. The fraction of sp³-hybridized carbons (Fsp3) is 0.178. The number of ether oxygens (including phenoxy) is 1. The second-order valence-corrected chi connectivity index (χ2v) is 24.3. The zero-order chi connectivity index (χ0) is 75.7. The zero-order valence-electron chi connectivity index (χ0n) is 56.7. The topological polar surface area (TPSA) is 339 Å². The van der Waals surface area contributed by atoms with E-state index in [1.165, 1.54) is 99.5 Å². The lowest BCUT2D eigenvalue weighted by Gasteiger charge is -2.10. The average molecular weight is 1460 g/mol. The molecule has 0 unspecified atom stereocenters. The SMILES string of the molecule is CN(C)CCCO.CN(C)CCCOc1cnc(-c2cccc(Cn3nc(-c4cc(F)cc(F)c4)ccc3=O)c2)nc1.Nc1cnc(-c2cccc(Cn3nc(-c4cc(F)cc(F)c4)ccc3=O)c2)nc1.O=S(=O)(O)O.O=c1ccc(-c2cc(F)cc(F)c2)nn1Cc1cccc(-c2ncc(O)cn2)c1. The Morgan fingerprint density at radius 2 is 0.733 bits per heavy atom. The fourth-order valence-corrected chi connectivity index (χ4v) is 9.65. The van der Waals surface area contributed by atoms with Crippen molar-refractivity contribution in [3.05, 3.63) is 284 Å². The van der Waals surface area contributed by atoms with Crippen LogP contribution < -0.4 is 27.1 Å². The molecule has 25 nitrogen and oxygen atoms in total. The Kier molecular flexibility index (Phi) is 28.3. The van der Waals surface area contributed by atoms with E-state index in [0.717, 1.165) is 84.1 Å². The van der Waals surface area contributed by atoms with Gasteiger partial charge in [-0.1, -0.05) is 54.6 Å². The van der Waals surface area contributed by atoms with Crippen molar-refractivity contribution in [1.82, 2.24) is 69.0 Å². The number of anilines is 1. The summed E-state index contributed by atoms with van der Waals surface area (Å²) in [5.74, 6) is -2.27. The van der Waals surface area contributed by atoms with Crippen molar-refractivity contribution in [2.24, 2.45) is 0 Å². The molecule has 0 atom stereocenters. The van der Waals surface area contributed by atoms with Crippen molar-refractivity contribution in [1.29, 1.82) is 0 Å². The third kappa shape index (κ3) is 25.7. The van der Waals surface area contributed by atoms with Crippen LogP contribution in [0.3, 0.4) is 0 Å². The van der Waals surface area contributed by atoms with Gasteiger partial charge in [0.15, 0.2) is 29.0 Å². The molecule has 0 saturated heterocycles. The quantitative estimate of drug-likeness (QED) is 0.0269. The van der Waals surface area contributed by atoms with Gasteiger partial charge >= 0.3 is 10.4 Å². The molecule has 6 N–H and O–H groups in total. The van der Waals surface area contributed by atoms with Gasteiger partial charge in [0.2, 0.25) is 0 Å². The molecule has 0 fully saturated rings. The van der Waals surface area contributed by atoms with Crippen LogP contribution in [0.5, 0.6) is 11.5 Å². The molecule has 105 heavy (non-hydrogen) atoms. The largest absolute Gasteiger partial charge is 0.505 e. The van der Waals surface area contributed by atoms with Crippen LogP contribution in [-0.2, 0) is 30.0 Å². The van der Waals surface area contributed by atoms with E-state index in [9.17, 15) is 45.8 Å². The predicted molar refractivity (Wildman–Crippen MR) is 380 cm³/mol. The second kappa shape index (κ2) is 37.7. The summed E-state index contributed by atoms with van der Waals surface area (Å²) in [5.41, 5.74) is 11.3. The number of aliphatic hydroxyl groups is 1. The first-order valence-electron chi connectivity index (χ1n) is 31.7. The maximum Gasteiger partial charge on any atom is 0.394 e. The van der Waals surface area contributed by atoms with E-state index in [-0.39, 0.29) is 64.4 Å². The number of hydrogen-bond donors (Lipinski definition) is 5. The van der Waals surface area contributed by atoms with Crippen molar-refractivity contribution < 1.29 is 58.8 Å². The van der Waals surface area contributed by atoms with Gasteiger partial charge in [0.05, 0.1) is 86.2 Å². The maximum atomic E-state index is 13.6. The number of nitrogens with zero attached hydrogens (tertiary/aromatic N) is 14. The Bertz CT molecular complexity index is 4940. The monoisotopic (exact) mass is 1460 g/mol. The first kappa shape index (κ1) is 78.6. The van der Waals surface area contributed by atoms with Crippen LogP contribution in [-0.4, -0.2) is 151 Å². The summed E-state index contributed by atoms with van der Waals surface area (Å²) in [7, 11) is 3.35. The third-order valence-electron chi connectivity index (χ3n) is 14.3. The molecule has 12 aromatic rings. The molecule has 0 amide bonds. The highest BCUT2D eigenvalue weighted by molar-refractivity contribution is 7.79. The van der Waals surface area contributed by atoms with Gasteiger partial charge in [0.1, 0.15) is 34.9 Å². The Labute approximate surface area is 597 Å². The molecular weight excluding hydrogens is 1390 g/mol. The van der Waals surface area contributed by atoms with Crippen LogP contribution in [0.15, 0.2) is 215 Å². The number of aromatic nitrogens is 12. The first-order valence-corrected chi connectivity index (χ1v) is 33.1. The van der Waals surface area contributed by atoms with E-state index >= 15 is 0 Å². The molecule has 12 rings (SSSR count). The van der Waals surface area contributed by atoms with E-state index in [1.54, 1.807) is 30.6 Å². The molecule has 6 aromatic heterocycles. The van der Waals surface area contributed by atoms with Gasteiger partial charge in [-0.05, 0) is 137 Å². The average Bonchev–Trinajstić information content (AvgIpc) is 0.822. The molecule has 32 heteroatoms. The van der Waals surface area contributed by atoms with Gasteiger partial charge in [-0.2, -0.15) is 23.7 Å². The Morgan fingerprint density at radius 1 is 0.429 bits per heavy atom. The predicted octanol–water partition coefficient (Wildman–Crippen LogP) is 9.98. The minimum atomic E-state index is -4.67. The molecule has 0 aliphatic rings. The highest BCUT2D eigenvalue weighted by Crippen LogP contribution is 2.25. The van der Waals surface area contributed by atoms with Gasteiger partial charge in [-0.3, -0.25) is 23.5 Å².